The monoisotopic (exact) mass is 256 g/mol. The fourth-order valence-electron chi connectivity index (χ4n) is 2.03. The third-order valence-electron chi connectivity index (χ3n) is 3.04. The largest absolute Gasteiger partial charge is 0.494 e. The molecule has 0 spiro atoms. The smallest absolute Gasteiger partial charge is 0.119 e. The number of hydrogen-bond donors (Lipinski definition) is 1. The van der Waals surface area contributed by atoms with Crippen LogP contribution in [0.5, 0.6) is 5.75 Å². The van der Waals surface area contributed by atoms with E-state index in [4.69, 9.17) is 10.5 Å². The van der Waals surface area contributed by atoms with Crippen molar-refractivity contribution in [3.63, 3.8) is 0 Å². The predicted octanol–water partition coefficient (Wildman–Crippen LogP) is 2.96. The second-order valence-corrected chi connectivity index (χ2v) is 4.46. The number of benzene rings is 1. The lowest BCUT2D eigenvalue weighted by atomic mass is 9.95. The van der Waals surface area contributed by atoms with Crippen LogP contribution < -0.4 is 10.5 Å². The first-order valence-electron chi connectivity index (χ1n) is 6.69. The average Bonchev–Trinajstić information content (AvgIpc) is 2.48. The molecule has 0 radical (unpaired) electrons. The van der Waals surface area contributed by atoms with Gasteiger partial charge in [-0.05, 0) is 36.2 Å². The highest BCUT2D eigenvalue weighted by Crippen LogP contribution is 2.24. The molecule has 0 fully saturated rings. The second-order valence-electron chi connectivity index (χ2n) is 4.46. The standard InChI is InChI=1S/C16H20N2O/c1-2-11-19-14-8-6-13(7-9-14)15(12-17)16-5-3-4-10-18-16/h3-10,15H,2,11-12,17H2,1H3. The topological polar surface area (TPSA) is 48.1 Å². The Bertz CT molecular complexity index is 482. The van der Waals surface area contributed by atoms with Crippen molar-refractivity contribution in [2.75, 3.05) is 13.2 Å². The van der Waals surface area contributed by atoms with Crippen LogP contribution in [-0.2, 0) is 0 Å². The van der Waals surface area contributed by atoms with Crippen LogP contribution in [0.15, 0.2) is 48.7 Å². The summed E-state index contributed by atoms with van der Waals surface area (Å²) in [6, 6.07) is 14.0. The third kappa shape index (κ3) is 3.55. The van der Waals surface area contributed by atoms with Crippen molar-refractivity contribution < 1.29 is 4.74 Å². The van der Waals surface area contributed by atoms with Crippen molar-refractivity contribution >= 4 is 0 Å². The molecule has 0 aliphatic rings. The fourth-order valence-corrected chi connectivity index (χ4v) is 2.03. The van der Waals surface area contributed by atoms with Gasteiger partial charge < -0.3 is 10.5 Å². The van der Waals surface area contributed by atoms with Crippen molar-refractivity contribution in [3.05, 3.63) is 59.9 Å². The SMILES string of the molecule is CCCOc1ccc(C(CN)c2ccccn2)cc1. The Morgan fingerprint density at radius 1 is 1.16 bits per heavy atom. The number of nitrogens with two attached hydrogens (primary N) is 1. The summed E-state index contributed by atoms with van der Waals surface area (Å²) in [7, 11) is 0. The summed E-state index contributed by atoms with van der Waals surface area (Å²) < 4.78 is 5.58. The Balaban J connectivity index is 2.15. The number of nitrogens with zero attached hydrogens (tertiary/aromatic N) is 1. The summed E-state index contributed by atoms with van der Waals surface area (Å²) in [4.78, 5) is 4.39. The first kappa shape index (κ1) is 13.6. The lowest BCUT2D eigenvalue weighted by molar-refractivity contribution is 0.317. The quantitative estimate of drug-likeness (QED) is 0.864. The van der Waals surface area contributed by atoms with E-state index in [1.54, 1.807) is 6.20 Å². The molecule has 3 heteroatoms. The zero-order valence-corrected chi connectivity index (χ0v) is 11.3. The Hall–Kier alpha value is -1.87. The molecular weight excluding hydrogens is 236 g/mol. The van der Waals surface area contributed by atoms with Crippen molar-refractivity contribution in [2.45, 2.75) is 19.3 Å². The van der Waals surface area contributed by atoms with Crippen molar-refractivity contribution in [2.24, 2.45) is 5.73 Å². The Morgan fingerprint density at radius 3 is 2.53 bits per heavy atom. The molecule has 19 heavy (non-hydrogen) atoms. The first-order valence-corrected chi connectivity index (χ1v) is 6.69. The van der Waals surface area contributed by atoms with Gasteiger partial charge in [-0.1, -0.05) is 25.1 Å². The van der Waals surface area contributed by atoms with E-state index in [-0.39, 0.29) is 5.92 Å². The molecule has 0 amide bonds. The number of aromatic nitrogens is 1. The van der Waals surface area contributed by atoms with Gasteiger partial charge >= 0.3 is 0 Å². The minimum atomic E-state index is 0.140. The van der Waals surface area contributed by atoms with E-state index in [2.05, 4.69) is 24.0 Å². The molecule has 0 aliphatic heterocycles. The maximum absolute atomic E-state index is 5.88. The molecule has 0 aliphatic carbocycles. The van der Waals surface area contributed by atoms with Crippen LogP contribution in [0, 0.1) is 0 Å². The Labute approximate surface area is 114 Å². The van der Waals surface area contributed by atoms with Gasteiger partial charge in [0.15, 0.2) is 0 Å². The number of rotatable bonds is 6. The van der Waals surface area contributed by atoms with Gasteiger partial charge in [0, 0.05) is 24.4 Å². The van der Waals surface area contributed by atoms with Gasteiger partial charge in [0.05, 0.1) is 6.61 Å². The number of hydrogen-bond acceptors (Lipinski definition) is 3. The van der Waals surface area contributed by atoms with Crippen molar-refractivity contribution in [3.8, 4) is 5.75 Å². The normalized spacial score (nSPS) is 12.1. The maximum atomic E-state index is 5.88. The molecule has 3 nitrogen and oxygen atoms in total. The minimum Gasteiger partial charge on any atom is -0.494 e. The van der Waals surface area contributed by atoms with Gasteiger partial charge in [-0.25, -0.2) is 0 Å². The van der Waals surface area contributed by atoms with E-state index in [1.165, 1.54) is 5.56 Å². The maximum Gasteiger partial charge on any atom is 0.119 e. The fraction of sp³-hybridized carbons (Fsp3) is 0.312. The van der Waals surface area contributed by atoms with Crippen molar-refractivity contribution in [1.29, 1.82) is 0 Å². The van der Waals surface area contributed by atoms with E-state index in [0.29, 0.717) is 6.54 Å². The molecule has 0 bridgehead atoms. The predicted molar refractivity (Wildman–Crippen MR) is 77.4 cm³/mol. The molecule has 2 aromatic rings. The molecule has 1 atom stereocenters. The first-order chi connectivity index (χ1) is 9.35. The summed E-state index contributed by atoms with van der Waals surface area (Å²) in [6.45, 7) is 3.39. The van der Waals surface area contributed by atoms with Gasteiger partial charge in [-0.2, -0.15) is 0 Å². The van der Waals surface area contributed by atoms with Gasteiger partial charge in [-0.3, -0.25) is 4.98 Å². The zero-order valence-electron chi connectivity index (χ0n) is 11.3. The van der Waals surface area contributed by atoms with E-state index >= 15 is 0 Å². The molecule has 1 aromatic carbocycles. The summed E-state index contributed by atoms with van der Waals surface area (Å²) in [5.74, 6) is 1.05. The molecule has 2 N–H and O–H groups in total. The van der Waals surface area contributed by atoms with Crippen LogP contribution in [-0.4, -0.2) is 18.1 Å². The summed E-state index contributed by atoms with van der Waals surface area (Å²) >= 11 is 0. The Kier molecular flexibility index (Phi) is 4.93. The third-order valence-corrected chi connectivity index (χ3v) is 3.04. The average molecular weight is 256 g/mol. The molecular formula is C16H20N2O. The number of ether oxygens (including phenoxy) is 1. The van der Waals surface area contributed by atoms with E-state index in [1.807, 2.05) is 30.3 Å². The van der Waals surface area contributed by atoms with Gasteiger partial charge in [0.1, 0.15) is 5.75 Å². The van der Waals surface area contributed by atoms with E-state index < -0.39 is 0 Å². The molecule has 2 rings (SSSR count). The van der Waals surface area contributed by atoms with E-state index in [9.17, 15) is 0 Å². The van der Waals surface area contributed by atoms with Crippen LogP contribution >= 0.6 is 0 Å². The number of pyridine rings is 1. The molecule has 100 valence electrons. The second kappa shape index (κ2) is 6.90. The highest BCUT2D eigenvalue weighted by molar-refractivity contribution is 5.34. The zero-order chi connectivity index (χ0) is 13.5. The van der Waals surface area contributed by atoms with Crippen LogP contribution in [0.4, 0.5) is 0 Å². The van der Waals surface area contributed by atoms with Gasteiger partial charge in [0.25, 0.3) is 0 Å². The lowest BCUT2D eigenvalue weighted by Crippen LogP contribution is -2.14. The highest BCUT2D eigenvalue weighted by Gasteiger charge is 2.13. The van der Waals surface area contributed by atoms with Crippen LogP contribution in [0.25, 0.3) is 0 Å². The minimum absolute atomic E-state index is 0.140. The molecule has 1 aromatic heterocycles. The van der Waals surface area contributed by atoms with Crippen molar-refractivity contribution in [1.82, 2.24) is 4.98 Å². The molecule has 1 unspecified atom stereocenters. The summed E-state index contributed by atoms with van der Waals surface area (Å²) in [5.41, 5.74) is 8.06. The summed E-state index contributed by atoms with van der Waals surface area (Å²) in [6.07, 6.45) is 2.82. The van der Waals surface area contributed by atoms with Crippen LogP contribution in [0.1, 0.15) is 30.5 Å². The molecule has 1 heterocycles. The Morgan fingerprint density at radius 2 is 1.95 bits per heavy atom. The molecule has 0 saturated carbocycles. The lowest BCUT2D eigenvalue weighted by Gasteiger charge is -2.15. The van der Waals surface area contributed by atoms with Gasteiger partial charge in [0.2, 0.25) is 0 Å². The van der Waals surface area contributed by atoms with Crippen LogP contribution in [0.3, 0.4) is 0 Å². The summed E-state index contributed by atoms with van der Waals surface area (Å²) in [5, 5.41) is 0. The molecule has 0 saturated heterocycles. The van der Waals surface area contributed by atoms with Gasteiger partial charge in [-0.15, -0.1) is 0 Å². The van der Waals surface area contributed by atoms with Crippen LogP contribution in [0.2, 0.25) is 0 Å². The van der Waals surface area contributed by atoms with E-state index in [0.717, 1.165) is 24.5 Å². The highest BCUT2D eigenvalue weighted by atomic mass is 16.5.